The van der Waals surface area contributed by atoms with E-state index in [-0.39, 0.29) is 11.9 Å². The highest BCUT2D eigenvalue weighted by atomic mass is 32.1. The van der Waals surface area contributed by atoms with Crippen molar-refractivity contribution in [3.8, 4) is 0 Å². The summed E-state index contributed by atoms with van der Waals surface area (Å²) in [6.07, 6.45) is 5.41. The minimum absolute atomic E-state index is 0.0224. The second kappa shape index (κ2) is 5.81. The van der Waals surface area contributed by atoms with Gasteiger partial charge in [-0.15, -0.1) is 11.3 Å². The van der Waals surface area contributed by atoms with Crippen molar-refractivity contribution in [1.82, 2.24) is 14.9 Å². The van der Waals surface area contributed by atoms with Gasteiger partial charge in [-0.3, -0.25) is 4.79 Å². The van der Waals surface area contributed by atoms with Crippen molar-refractivity contribution in [3.63, 3.8) is 0 Å². The molecule has 0 spiro atoms. The largest absolute Gasteiger partial charge is 0.346 e. The van der Waals surface area contributed by atoms with E-state index < -0.39 is 0 Å². The van der Waals surface area contributed by atoms with E-state index in [0.717, 1.165) is 28.8 Å². The molecule has 0 fully saturated rings. The van der Waals surface area contributed by atoms with Crippen LogP contribution in [0.1, 0.15) is 35.0 Å². The fourth-order valence-electron chi connectivity index (χ4n) is 3.18. The molecular formula is C18H19N3OS. The summed E-state index contributed by atoms with van der Waals surface area (Å²) in [5.41, 5.74) is 2.33. The lowest BCUT2D eigenvalue weighted by Crippen LogP contribution is -2.29. The molecule has 1 atom stereocenters. The number of amides is 1. The molecule has 3 aromatic rings. The summed E-state index contributed by atoms with van der Waals surface area (Å²) in [4.78, 5) is 18.4. The maximum atomic E-state index is 12.4. The van der Waals surface area contributed by atoms with E-state index in [1.807, 2.05) is 42.0 Å². The van der Waals surface area contributed by atoms with Crippen molar-refractivity contribution in [1.29, 1.82) is 0 Å². The van der Waals surface area contributed by atoms with Gasteiger partial charge in [-0.25, -0.2) is 4.98 Å². The molecule has 0 saturated carbocycles. The van der Waals surface area contributed by atoms with Crippen molar-refractivity contribution in [2.45, 2.75) is 38.8 Å². The summed E-state index contributed by atoms with van der Waals surface area (Å²) in [6, 6.07) is 10.1. The Morgan fingerprint density at radius 2 is 2.22 bits per heavy atom. The molecule has 4 nitrogen and oxygen atoms in total. The number of nitrogens with one attached hydrogen (secondary N) is 1. The third-order valence-corrected chi connectivity index (χ3v) is 5.69. The monoisotopic (exact) mass is 325 g/mol. The average Bonchev–Trinajstić information content (AvgIpc) is 3.21. The van der Waals surface area contributed by atoms with Crippen molar-refractivity contribution >= 4 is 28.1 Å². The lowest BCUT2D eigenvalue weighted by atomic mass is 10.2. The second-order valence-electron chi connectivity index (χ2n) is 6.07. The molecule has 23 heavy (non-hydrogen) atoms. The average molecular weight is 325 g/mol. The first-order valence-corrected chi connectivity index (χ1v) is 8.84. The molecule has 1 aromatic carbocycles. The molecule has 1 N–H and O–H groups in total. The van der Waals surface area contributed by atoms with Crippen molar-refractivity contribution in [2.24, 2.45) is 0 Å². The van der Waals surface area contributed by atoms with Crippen LogP contribution in [-0.2, 0) is 24.2 Å². The SMILES string of the molecule is CC(NC(=O)Cn1ccc2ccccc21)c1nc2c(s1)CCC2. The fraction of sp³-hybridized carbons (Fsp3) is 0.333. The lowest BCUT2D eigenvalue weighted by Gasteiger charge is -2.12. The van der Waals surface area contributed by atoms with E-state index in [0.29, 0.717) is 6.54 Å². The van der Waals surface area contributed by atoms with E-state index in [4.69, 9.17) is 0 Å². The van der Waals surface area contributed by atoms with Crippen LogP contribution in [0.25, 0.3) is 10.9 Å². The zero-order chi connectivity index (χ0) is 15.8. The predicted molar refractivity (Wildman–Crippen MR) is 92.6 cm³/mol. The number of carbonyl (C=O) groups is 1. The van der Waals surface area contributed by atoms with E-state index >= 15 is 0 Å². The van der Waals surface area contributed by atoms with Gasteiger partial charge in [-0.1, -0.05) is 18.2 Å². The van der Waals surface area contributed by atoms with Gasteiger partial charge >= 0.3 is 0 Å². The number of benzene rings is 1. The van der Waals surface area contributed by atoms with Crippen LogP contribution in [-0.4, -0.2) is 15.5 Å². The van der Waals surface area contributed by atoms with Gasteiger partial charge in [-0.2, -0.15) is 0 Å². The molecule has 0 saturated heterocycles. The van der Waals surface area contributed by atoms with Crippen LogP contribution in [0.3, 0.4) is 0 Å². The van der Waals surface area contributed by atoms with Crippen LogP contribution >= 0.6 is 11.3 Å². The zero-order valence-corrected chi connectivity index (χ0v) is 13.9. The van der Waals surface area contributed by atoms with E-state index in [2.05, 4.69) is 16.4 Å². The zero-order valence-electron chi connectivity index (χ0n) is 13.1. The molecular weight excluding hydrogens is 306 g/mol. The van der Waals surface area contributed by atoms with Gasteiger partial charge < -0.3 is 9.88 Å². The van der Waals surface area contributed by atoms with Crippen LogP contribution < -0.4 is 5.32 Å². The topological polar surface area (TPSA) is 46.9 Å². The highest BCUT2D eigenvalue weighted by Crippen LogP contribution is 2.30. The van der Waals surface area contributed by atoms with Crippen LogP contribution in [0.2, 0.25) is 0 Å². The summed E-state index contributed by atoms with van der Waals surface area (Å²) >= 11 is 1.75. The minimum Gasteiger partial charge on any atom is -0.346 e. The highest BCUT2D eigenvalue weighted by Gasteiger charge is 2.20. The number of aromatic nitrogens is 2. The molecule has 1 aliphatic rings. The Labute approximate surface area is 139 Å². The summed E-state index contributed by atoms with van der Waals surface area (Å²) in [6.45, 7) is 2.35. The quantitative estimate of drug-likeness (QED) is 0.798. The van der Waals surface area contributed by atoms with Gasteiger partial charge in [0, 0.05) is 16.6 Å². The Hall–Kier alpha value is -2.14. The second-order valence-corrected chi connectivity index (χ2v) is 7.18. The van der Waals surface area contributed by atoms with Crippen LogP contribution in [0.5, 0.6) is 0 Å². The first-order chi connectivity index (χ1) is 11.2. The Bertz CT molecular complexity index is 843. The van der Waals surface area contributed by atoms with E-state index in [1.165, 1.54) is 17.0 Å². The molecule has 2 heterocycles. The Kier molecular flexibility index (Phi) is 3.65. The molecule has 0 aliphatic heterocycles. The van der Waals surface area contributed by atoms with Crippen LogP contribution in [0, 0.1) is 0 Å². The van der Waals surface area contributed by atoms with Gasteiger partial charge in [0.2, 0.25) is 5.91 Å². The summed E-state index contributed by atoms with van der Waals surface area (Å²) in [5, 5.41) is 5.26. The van der Waals surface area contributed by atoms with Crippen molar-refractivity contribution in [3.05, 3.63) is 52.1 Å². The van der Waals surface area contributed by atoms with E-state index in [9.17, 15) is 4.79 Å². The van der Waals surface area contributed by atoms with Gasteiger partial charge in [0.05, 0.1) is 11.7 Å². The fourth-order valence-corrected chi connectivity index (χ4v) is 4.33. The first-order valence-electron chi connectivity index (χ1n) is 8.02. The standard InChI is InChI=1S/C18H19N3OS/c1-12(18-20-14-6-4-8-16(14)23-18)19-17(22)11-21-10-9-13-5-2-3-7-15(13)21/h2-3,5,7,9-10,12H,4,6,8,11H2,1H3,(H,19,22). The van der Waals surface area contributed by atoms with Crippen molar-refractivity contribution < 1.29 is 4.79 Å². The lowest BCUT2D eigenvalue weighted by molar-refractivity contribution is -0.122. The number of para-hydroxylation sites is 1. The van der Waals surface area contributed by atoms with Gasteiger partial charge in [0.25, 0.3) is 0 Å². The van der Waals surface area contributed by atoms with Crippen LogP contribution in [0.15, 0.2) is 36.5 Å². The predicted octanol–water partition coefficient (Wildman–Crippen LogP) is 3.46. The number of rotatable bonds is 4. The number of hydrogen-bond donors (Lipinski definition) is 1. The number of aryl methyl sites for hydroxylation is 2. The third kappa shape index (κ3) is 2.77. The summed E-state index contributed by atoms with van der Waals surface area (Å²) < 4.78 is 1.99. The van der Waals surface area contributed by atoms with Gasteiger partial charge in [-0.05, 0) is 43.7 Å². The normalized spacial score (nSPS) is 14.8. The molecule has 1 aliphatic carbocycles. The van der Waals surface area contributed by atoms with Crippen molar-refractivity contribution in [2.75, 3.05) is 0 Å². The maximum Gasteiger partial charge on any atom is 0.240 e. The minimum atomic E-state index is -0.0278. The molecule has 118 valence electrons. The number of thiazole rings is 1. The van der Waals surface area contributed by atoms with Crippen LogP contribution in [0.4, 0.5) is 0 Å². The van der Waals surface area contributed by atoms with Gasteiger partial charge in [0.15, 0.2) is 0 Å². The number of fused-ring (bicyclic) bond motifs is 2. The molecule has 1 unspecified atom stereocenters. The Balaban J connectivity index is 1.45. The molecule has 0 radical (unpaired) electrons. The Morgan fingerprint density at radius 3 is 3.09 bits per heavy atom. The molecule has 4 rings (SSSR count). The number of carbonyl (C=O) groups excluding carboxylic acids is 1. The number of nitrogens with zero attached hydrogens (tertiary/aromatic N) is 2. The maximum absolute atomic E-state index is 12.4. The smallest absolute Gasteiger partial charge is 0.240 e. The third-order valence-electron chi connectivity index (χ3n) is 4.35. The molecule has 5 heteroatoms. The first kappa shape index (κ1) is 14.5. The molecule has 1 amide bonds. The molecule has 0 bridgehead atoms. The van der Waals surface area contributed by atoms with Gasteiger partial charge in [0.1, 0.15) is 11.6 Å². The Morgan fingerprint density at radius 1 is 1.35 bits per heavy atom. The molecule has 2 aromatic heterocycles. The van der Waals surface area contributed by atoms with E-state index in [1.54, 1.807) is 11.3 Å². The summed E-state index contributed by atoms with van der Waals surface area (Å²) in [7, 11) is 0. The summed E-state index contributed by atoms with van der Waals surface area (Å²) in [5.74, 6) is 0.0224. The highest BCUT2D eigenvalue weighted by molar-refractivity contribution is 7.11. The number of hydrogen-bond acceptors (Lipinski definition) is 3.